The number of urea groups is 1. The molecule has 0 spiro atoms. The van der Waals surface area contributed by atoms with Crippen LogP contribution in [0.2, 0.25) is 5.02 Å². The van der Waals surface area contributed by atoms with Crippen LogP contribution in [-0.2, 0) is 4.74 Å². The first-order valence-corrected chi connectivity index (χ1v) is 6.97. The van der Waals surface area contributed by atoms with Gasteiger partial charge in [-0.1, -0.05) is 17.7 Å². The first kappa shape index (κ1) is 14.9. The number of halogens is 1. The Morgan fingerprint density at radius 1 is 1.50 bits per heavy atom. The zero-order chi connectivity index (χ0) is 14.4. The van der Waals surface area contributed by atoms with Gasteiger partial charge in [0, 0.05) is 31.1 Å². The van der Waals surface area contributed by atoms with E-state index in [-0.39, 0.29) is 6.03 Å². The molecule has 110 valence electrons. The molecular formula is C14H19ClN2O3. The van der Waals surface area contributed by atoms with Gasteiger partial charge in [-0.2, -0.15) is 0 Å². The summed E-state index contributed by atoms with van der Waals surface area (Å²) in [5, 5.41) is 3.46. The predicted octanol–water partition coefficient (Wildman–Crippen LogP) is 2.01. The van der Waals surface area contributed by atoms with E-state index in [0.717, 1.165) is 13.1 Å². The summed E-state index contributed by atoms with van der Waals surface area (Å²) in [4.78, 5) is 13.5. The van der Waals surface area contributed by atoms with Gasteiger partial charge in [-0.3, -0.25) is 0 Å². The molecule has 5 nitrogen and oxygen atoms in total. The Morgan fingerprint density at radius 3 is 3.00 bits per heavy atom. The molecule has 0 bridgehead atoms. The summed E-state index contributed by atoms with van der Waals surface area (Å²) in [6.45, 7) is 3.11. The van der Waals surface area contributed by atoms with E-state index in [1.165, 1.54) is 0 Å². The lowest BCUT2D eigenvalue weighted by Gasteiger charge is -2.38. The van der Waals surface area contributed by atoms with Gasteiger partial charge in [0.2, 0.25) is 0 Å². The number of hydrogen-bond donors (Lipinski definition) is 1. The number of hydrogen-bond acceptors (Lipinski definition) is 3. The van der Waals surface area contributed by atoms with Gasteiger partial charge < -0.3 is 19.7 Å². The molecule has 1 saturated heterocycles. The summed E-state index contributed by atoms with van der Waals surface area (Å²) in [5.74, 6) is 1.17. The maximum atomic E-state index is 11.7. The molecule has 0 unspecified atom stereocenters. The third-order valence-corrected chi connectivity index (χ3v) is 3.32. The Labute approximate surface area is 123 Å². The maximum Gasteiger partial charge on any atom is 0.317 e. The molecule has 1 aliphatic rings. The number of benzene rings is 1. The number of ether oxygens (including phenoxy) is 2. The molecule has 20 heavy (non-hydrogen) atoms. The Kier molecular flexibility index (Phi) is 5.49. The number of methoxy groups -OCH3 is 1. The van der Waals surface area contributed by atoms with Crippen molar-refractivity contribution in [2.75, 3.05) is 40.0 Å². The molecular weight excluding hydrogens is 280 g/mol. The Bertz CT molecular complexity index is 450. The minimum atomic E-state index is -0.0490. The molecule has 1 heterocycles. The SMILES string of the molecule is COCC1CN(C(=O)NCCOc2cccc(Cl)c2)C1. The largest absolute Gasteiger partial charge is 0.492 e. The summed E-state index contributed by atoms with van der Waals surface area (Å²) in [6.07, 6.45) is 0. The standard InChI is InChI=1S/C14H19ClN2O3/c1-19-10-11-8-17(9-11)14(18)16-5-6-20-13-4-2-3-12(15)7-13/h2-4,7,11H,5-6,8-10H2,1H3,(H,16,18). The summed E-state index contributed by atoms with van der Waals surface area (Å²) >= 11 is 5.85. The van der Waals surface area contributed by atoms with Gasteiger partial charge in [0.1, 0.15) is 12.4 Å². The highest BCUT2D eigenvalue weighted by Crippen LogP contribution is 2.17. The molecule has 0 atom stereocenters. The van der Waals surface area contributed by atoms with E-state index in [1.807, 2.05) is 12.1 Å². The molecule has 0 aromatic heterocycles. The Hall–Kier alpha value is -1.46. The van der Waals surface area contributed by atoms with Gasteiger partial charge in [-0.05, 0) is 18.2 Å². The van der Waals surface area contributed by atoms with Gasteiger partial charge in [-0.15, -0.1) is 0 Å². The average molecular weight is 299 g/mol. The third-order valence-electron chi connectivity index (χ3n) is 3.09. The van der Waals surface area contributed by atoms with E-state index in [0.29, 0.717) is 36.4 Å². The van der Waals surface area contributed by atoms with Crippen LogP contribution < -0.4 is 10.1 Å². The molecule has 2 rings (SSSR count). The normalized spacial score (nSPS) is 14.8. The van der Waals surface area contributed by atoms with Crippen molar-refractivity contribution in [3.05, 3.63) is 29.3 Å². The predicted molar refractivity (Wildman–Crippen MR) is 77.3 cm³/mol. The monoisotopic (exact) mass is 298 g/mol. The van der Waals surface area contributed by atoms with Gasteiger partial charge in [0.25, 0.3) is 0 Å². The van der Waals surface area contributed by atoms with E-state index in [9.17, 15) is 4.79 Å². The number of likely N-dealkylation sites (tertiary alicyclic amines) is 1. The van der Waals surface area contributed by atoms with Crippen LogP contribution in [0.1, 0.15) is 0 Å². The van der Waals surface area contributed by atoms with Crippen LogP contribution in [0.4, 0.5) is 4.79 Å². The second-order valence-electron chi connectivity index (χ2n) is 4.76. The van der Waals surface area contributed by atoms with Crippen molar-refractivity contribution >= 4 is 17.6 Å². The fourth-order valence-electron chi connectivity index (χ4n) is 2.07. The third kappa shape index (κ3) is 4.28. The number of nitrogens with zero attached hydrogens (tertiary/aromatic N) is 1. The number of amides is 2. The van der Waals surface area contributed by atoms with Crippen molar-refractivity contribution < 1.29 is 14.3 Å². The fourth-order valence-corrected chi connectivity index (χ4v) is 2.25. The first-order valence-electron chi connectivity index (χ1n) is 6.59. The highest BCUT2D eigenvalue weighted by molar-refractivity contribution is 6.30. The number of nitrogens with one attached hydrogen (secondary N) is 1. The highest BCUT2D eigenvalue weighted by Gasteiger charge is 2.30. The van der Waals surface area contributed by atoms with Crippen LogP contribution in [-0.4, -0.2) is 50.9 Å². The van der Waals surface area contributed by atoms with Gasteiger partial charge in [0.15, 0.2) is 0 Å². The molecule has 1 aromatic carbocycles. The van der Waals surface area contributed by atoms with E-state index < -0.39 is 0 Å². The van der Waals surface area contributed by atoms with Crippen molar-refractivity contribution in [2.45, 2.75) is 0 Å². The summed E-state index contributed by atoms with van der Waals surface area (Å²) in [7, 11) is 1.68. The van der Waals surface area contributed by atoms with E-state index in [1.54, 1.807) is 24.1 Å². The fraction of sp³-hybridized carbons (Fsp3) is 0.500. The van der Waals surface area contributed by atoms with Crippen molar-refractivity contribution in [1.29, 1.82) is 0 Å². The number of rotatable bonds is 6. The van der Waals surface area contributed by atoms with Gasteiger partial charge in [-0.25, -0.2) is 4.79 Å². The molecule has 0 aliphatic carbocycles. The topological polar surface area (TPSA) is 50.8 Å². The van der Waals surface area contributed by atoms with Gasteiger partial charge >= 0.3 is 6.03 Å². The second-order valence-corrected chi connectivity index (χ2v) is 5.20. The van der Waals surface area contributed by atoms with Crippen molar-refractivity contribution in [3.63, 3.8) is 0 Å². The minimum absolute atomic E-state index is 0.0490. The molecule has 0 radical (unpaired) electrons. The van der Waals surface area contributed by atoms with E-state index in [4.69, 9.17) is 21.1 Å². The van der Waals surface area contributed by atoms with Crippen LogP contribution in [0.15, 0.2) is 24.3 Å². The maximum absolute atomic E-state index is 11.7. The van der Waals surface area contributed by atoms with Crippen molar-refractivity contribution in [3.8, 4) is 5.75 Å². The number of carbonyl (C=O) groups is 1. The van der Waals surface area contributed by atoms with Crippen molar-refractivity contribution in [1.82, 2.24) is 10.2 Å². The summed E-state index contributed by atoms with van der Waals surface area (Å²) < 4.78 is 10.5. The molecule has 1 aromatic rings. The average Bonchev–Trinajstić information content (AvgIpc) is 2.38. The quantitative estimate of drug-likeness (QED) is 0.817. The summed E-state index contributed by atoms with van der Waals surface area (Å²) in [6, 6.07) is 7.14. The molecule has 6 heteroatoms. The Morgan fingerprint density at radius 2 is 2.30 bits per heavy atom. The molecule has 1 aliphatic heterocycles. The summed E-state index contributed by atoms with van der Waals surface area (Å²) in [5.41, 5.74) is 0. The second kappa shape index (κ2) is 7.36. The zero-order valence-electron chi connectivity index (χ0n) is 11.5. The van der Waals surface area contributed by atoms with E-state index in [2.05, 4.69) is 5.32 Å². The zero-order valence-corrected chi connectivity index (χ0v) is 12.2. The first-order chi connectivity index (χ1) is 9.69. The molecule has 1 N–H and O–H groups in total. The highest BCUT2D eigenvalue weighted by atomic mass is 35.5. The lowest BCUT2D eigenvalue weighted by molar-refractivity contribution is 0.0553. The van der Waals surface area contributed by atoms with Crippen LogP contribution in [0.5, 0.6) is 5.75 Å². The number of carbonyl (C=O) groups excluding carboxylic acids is 1. The minimum Gasteiger partial charge on any atom is -0.492 e. The van der Waals surface area contributed by atoms with Crippen LogP contribution >= 0.6 is 11.6 Å². The van der Waals surface area contributed by atoms with Gasteiger partial charge in [0.05, 0.1) is 13.2 Å². The van der Waals surface area contributed by atoms with Crippen LogP contribution in [0.25, 0.3) is 0 Å². The lowest BCUT2D eigenvalue weighted by atomic mass is 10.0. The Balaban J connectivity index is 1.58. The van der Waals surface area contributed by atoms with Crippen molar-refractivity contribution in [2.24, 2.45) is 5.92 Å². The molecule has 2 amide bonds. The smallest absolute Gasteiger partial charge is 0.317 e. The van der Waals surface area contributed by atoms with Crippen LogP contribution in [0, 0.1) is 5.92 Å². The molecule has 0 saturated carbocycles. The van der Waals surface area contributed by atoms with E-state index >= 15 is 0 Å². The van der Waals surface area contributed by atoms with Crippen LogP contribution in [0.3, 0.4) is 0 Å². The lowest BCUT2D eigenvalue weighted by Crippen LogP contribution is -2.55. The molecule has 1 fully saturated rings.